The van der Waals surface area contributed by atoms with Crippen molar-refractivity contribution in [2.45, 2.75) is 37.8 Å². The third kappa shape index (κ3) is 2.06. The van der Waals surface area contributed by atoms with Crippen LogP contribution in [0.25, 0.3) is 0 Å². The summed E-state index contributed by atoms with van der Waals surface area (Å²) in [5.41, 5.74) is 1.07. The van der Waals surface area contributed by atoms with Gasteiger partial charge >= 0.3 is 0 Å². The van der Waals surface area contributed by atoms with E-state index >= 15 is 0 Å². The second-order valence-corrected chi connectivity index (χ2v) is 4.38. The molecule has 0 aromatic carbocycles. The van der Waals surface area contributed by atoms with Gasteiger partial charge in [0.1, 0.15) is 5.76 Å². The van der Waals surface area contributed by atoms with Crippen LogP contribution in [-0.4, -0.2) is 24.2 Å². The Morgan fingerprint density at radius 1 is 1.40 bits per heavy atom. The van der Waals surface area contributed by atoms with Crippen LogP contribution in [0.15, 0.2) is 10.8 Å². The number of hydrogen-bond acceptors (Lipinski definition) is 4. The SMILES string of the molecule is c1nc(CNC2CC2)c(C2CCOC2)o1. The summed E-state index contributed by atoms with van der Waals surface area (Å²) >= 11 is 0. The first-order valence-electron chi connectivity index (χ1n) is 5.67. The molecule has 4 nitrogen and oxygen atoms in total. The fourth-order valence-corrected chi connectivity index (χ4v) is 2.01. The van der Waals surface area contributed by atoms with Gasteiger partial charge in [0.2, 0.25) is 0 Å². The molecule has 0 radical (unpaired) electrons. The monoisotopic (exact) mass is 208 g/mol. The third-order valence-corrected chi connectivity index (χ3v) is 3.11. The van der Waals surface area contributed by atoms with Gasteiger partial charge in [-0.1, -0.05) is 0 Å². The van der Waals surface area contributed by atoms with Crippen molar-refractivity contribution >= 4 is 0 Å². The summed E-state index contributed by atoms with van der Waals surface area (Å²) in [7, 11) is 0. The number of hydrogen-bond donors (Lipinski definition) is 1. The van der Waals surface area contributed by atoms with Gasteiger partial charge < -0.3 is 14.5 Å². The second kappa shape index (κ2) is 3.94. The van der Waals surface area contributed by atoms with Gasteiger partial charge in [0.25, 0.3) is 0 Å². The minimum absolute atomic E-state index is 0.420. The zero-order valence-corrected chi connectivity index (χ0v) is 8.74. The van der Waals surface area contributed by atoms with Crippen LogP contribution in [-0.2, 0) is 11.3 Å². The molecule has 2 heterocycles. The van der Waals surface area contributed by atoms with E-state index in [1.807, 2.05) is 0 Å². The van der Waals surface area contributed by atoms with Crippen LogP contribution in [0.5, 0.6) is 0 Å². The molecule has 2 fully saturated rings. The maximum atomic E-state index is 5.47. The van der Waals surface area contributed by atoms with Gasteiger partial charge in [0.15, 0.2) is 6.39 Å². The van der Waals surface area contributed by atoms with Crippen LogP contribution in [0.4, 0.5) is 0 Å². The number of nitrogens with one attached hydrogen (secondary N) is 1. The fourth-order valence-electron chi connectivity index (χ4n) is 2.01. The van der Waals surface area contributed by atoms with E-state index in [4.69, 9.17) is 9.15 Å². The summed E-state index contributed by atoms with van der Waals surface area (Å²) < 4.78 is 10.8. The van der Waals surface area contributed by atoms with Crippen LogP contribution in [0.3, 0.4) is 0 Å². The molecule has 1 atom stereocenters. The first-order chi connectivity index (χ1) is 7.43. The number of nitrogens with zero attached hydrogens (tertiary/aromatic N) is 1. The van der Waals surface area contributed by atoms with Crippen LogP contribution < -0.4 is 5.32 Å². The van der Waals surface area contributed by atoms with Crippen molar-refractivity contribution in [2.75, 3.05) is 13.2 Å². The van der Waals surface area contributed by atoms with Gasteiger partial charge in [-0.25, -0.2) is 4.98 Å². The van der Waals surface area contributed by atoms with E-state index in [2.05, 4.69) is 10.3 Å². The van der Waals surface area contributed by atoms with Gasteiger partial charge in [-0.3, -0.25) is 0 Å². The molecule has 15 heavy (non-hydrogen) atoms. The summed E-state index contributed by atoms with van der Waals surface area (Å²) in [4.78, 5) is 4.28. The summed E-state index contributed by atoms with van der Waals surface area (Å²) in [6.07, 6.45) is 5.22. The van der Waals surface area contributed by atoms with Gasteiger partial charge in [0.05, 0.1) is 12.3 Å². The minimum atomic E-state index is 0.420. The summed E-state index contributed by atoms with van der Waals surface area (Å²) in [5, 5.41) is 3.46. The average Bonchev–Trinajstić information content (AvgIpc) is 2.79. The molecule has 1 saturated carbocycles. The first-order valence-corrected chi connectivity index (χ1v) is 5.67. The Balaban J connectivity index is 1.67. The molecule has 0 bridgehead atoms. The fraction of sp³-hybridized carbons (Fsp3) is 0.727. The Labute approximate surface area is 89.0 Å². The van der Waals surface area contributed by atoms with Crippen molar-refractivity contribution in [3.63, 3.8) is 0 Å². The van der Waals surface area contributed by atoms with Crippen LogP contribution in [0.1, 0.15) is 36.6 Å². The lowest BCUT2D eigenvalue weighted by atomic mass is 10.0. The molecule has 82 valence electrons. The predicted octanol–water partition coefficient (Wildman–Crippen LogP) is 1.43. The van der Waals surface area contributed by atoms with E-state index in [-0.39, 0.29) is 0 Å². The van der Waals surface area contributed by atoms with E-state index in [0.29, 0.717) is 5.92 Å². The van der Waals surface area contributed by atoms with Crippen molar-refractivity contribution in [1.82, 2.24) is 10.3 Å². The highest BCUT2D eigenvalue weighted by Crippen LogP contribution is 2.28. The van der Waals surface area contributed by atoms with Crippen molar-refractivity contribution in [3.05, 3.63) is 17.8 Å². The Kier molecular flexibility index (Phi) is 2.46. The number of rotatable bonds is 4. The standard InChI is InChI=1S/C11H16N2O2/c1-2-9(1)12-5-10-11(15-7-13-10)8-3-4-14-6-8/h7-9,12H,1-6H2. The minimum Gasteiger partial charge on any atom is -0.448 e. The van der Waals surface area contributed by atoms with Crippen LogP contribution in [0, 0.1) is 0 Å². The predicted molar refractivity (Wildman–Crippen MR) is 54.5 cm³/mol. The maximum absolute atomic E-state index is 5.47. The Morgan fingerprint density at radius 3 is 3.07 bits per heavy atom. The van der Waals surface area contributed by atoms with E-state index in [0.717, 1.165) is 43.7 Å². The third-order valence-electron chi connectivity index (χ3n) is 3.11. The van der Waals surface area contributed by atoms with Crippen LogP contribution in [0.2, 0.25) is 0 Å². The zero-order chi connectivity index (χ0) is 10.1. The van der Waals surface area contributed by atoms with Crippen molar-refractivity contribution in [2.24, 2.45) is 0 Å². The van der Waals surface area contributed by atoms with Crippen molar-refractivity contribution in [1.29, 1.82) is 0 Å². The highest BCUT2D eigenvalue weighted by molar-refractivity contribution is 5.14. The molecule has 1 aliphatic carbocycles. The lowest BCUT2D eigenvalue weighted by molar-refractivity contribution is 0.191. The smallest absolute Gasteiger partial charge is 0.181 e. The van der Waals surface area contributed by atoms with Gasteiger partial charge in [-0.05, 0) is 19.3 Å². The largest absolute Gasteiger partial charge is 0.448 e. The van der Waals surface area contributed by atoms with Gasteiger partial charge in [0, 0.05) is 25.1 Å². The summed E-state index contributed by atoms with van der Waals surface area (Å²) in [6, 6.07) is 0.717. The second-order valence-electron chi connectivity index (χ2n) is 4.38. The molecule has 3 rings (SSSR count). The highest BCUT2D eigenvalue weighted by atomic mass is 16.5. The normalized spacial score (nSPS) is 26.0. The number of oxazole rings is 1. The molecule has 0 spiro atoms. The zero-order valence-electron chi connectivity index (χ0n) is 8.74. The summed E-state index contributed by atoms with van der Waals surface area (Å²) in [6.45, 7) is 2.47. The van der Waals surface area contributed by atoms with Gasteiger partial charge in [-0.15, -0.1) is 0 Å². The Bertz CT molecular complexity index is 327. The van der Waals surface area contributed by atoms with E-state index < -0.39 is 0 Å². The highest BCUT2D eigenvalue weighted by Gasteiger charge is 2.26. The molecule has 2 aliphatic rings. The molecule has 0 amide bonds. The molecule has 1 saturated heterocycles. The van der Waals surface area contributed by atoms with Gasteiger partial charge in [-0.2, -0.15) is 0 Å². The molecular formula is C11H16N2O2. The molecule has 1 aliphatic heterocycles. The maximum Gasteiger partial charge on any atom is 0.181 e. The Morgan fingerprint density at radius 2 is 2.33 bits per heavy atom. The molecule has 1 aromatic rings. The van der Waals surface area contributed by atoms with Crippen LogP contribution >= 0.6 is 0 Å². The van der Waals surface area contributed by atoms with E-state index in [1.165, 1.54) is 12.8 Å². The molecule has 4 heteroatoms. The Hall–Kier alpha value is -0.870. The first kappa shape index (κ1) is 9.36. The molecule has 1 aromatic heterocycles. The topological polar surface area (TPSA) is 47.3 Å². The molecule has 1 unspecified atom stereocenters. The lowest BCUT2D eigenvalue weighted by Gasteiger charge is -2.06. The molecule has 1 N–H and O–H groups in total. The van der Waals surface area contributed by atoms with Crippen molar-refractivity contribution < 1.29 is 9.15 Å². The number of ether oxygens (including phenoxy) is 1. The van der Waals surface area contributed by atoms with Crippen molar-refractivity contribution in [3.8, 4) is 0 Å². The number of aromatic nitrogens is 1. The lowest BCUT2D eigenvalue weighted by Crippen LogP contribution is -2.17. The quantitative estimate of drug-likeness (QED) is 0.813. The molecular weight excluding hydrogens is 192 g/mol. The van der Waals surface area contributed by atoms with E-state index in [1.54, 1.807) is 6.39 Å². The average molecular weight is 208 g/mol. The summed E-state index contributed by atoms with van der Waals surface area (Å²) in [5.74, 6) is 1.45. The van der Waals surface area contributed by atoms with E-state index in [9.17, 15) is 0 Å².